The number of nitrogens with zero attached hydrogens (tertiary/aromatic N) is 2. The van der Waals surface area contributed by atoms with E-state index < -0.39 is 0 Å². The van der Waals surface area contributed by atoms with Crippen LogP contribution in [0.5, 0.6) is 0 Å². The highest BCUT2D eigenvalue weighted by atomic mass is 15.1. The predicted molar refractivity (Wildman–Crippen MR) is 179 cm³/mol. The predicted octanol–water partition coefficient (Wildman–Crippen LogP) is 11.8. The Morgan fingerprint density at radius 1 is 0.333 bits per heavy atom. The normalized spacial score (nSPS) is 11.5. The summed E-state index contributed by atoms with van der Waals surface area (Å²) in [5.74, 6) is 0. The Labute approximate surface area is 247 Å². The van der Waals surface area contributed by atoms with Gasteiger partial charge in [-0.3, -0.25) is 0 Å². The lowest BCUT2D eigenvalue weighted by atomic mass is 9.88. The number of rotatable bonds is 8. The molecule has 0 spiro atoms. The van der Waals surface area contributed by atoms with Crippen LogP contribution in [-0.4, -0.2) is 0 Å². The van der Waals surface area contributed by atoms with Gasteiger partial charge in [-0.2, -0.15) is 5.11 Å². The molecule has 0 aliphatic heterocycles. The van der Waals surface area contributed by atoms with Crippen LogP contribution in [0.2, 0.25) is 0 Å². The molecule has 0 amide bonds. The van der Waals surface area contributed by atoms with E-state index in [2.05, 4.69) is 139 Å². The standard InChI is InChI=1S/C40H30N2/c1-4-15-31(16-5-1)27-29-33-19-10-12-23-36(33)38-25-14-26-39(42-41-35-21-8-3-9-22-35)40(38)37-24-13-11-20-34(37)30-28-32-17-6-2-7-18-32/h1-30H. The minimum absolute atomic E-state index is 0.817. The second-order valence-corrected chi connectivity index (χ2v) is 9.90. The van der Waals surface area contributed by atoms with Gasteiger partial charge in [-0.1, -0.05) is 164 Å². The smallest absolute Gasteiger partial charge is 0.0941 e. The van der Waals surface area contributed by atoms with E-state index in [-0.39, 0.29) is 0 Å². The molecule has 200 valence electrons. The lowest BCUT2D eigenvalue weighted by Crippen LogP contribution is -1.91. The quantitative estimate of drug-likeness (QED) is 0.136. The van der Waals surface area contributed by atoms with Crippen LogP contribution < -0.4 is 0 Å². The fourth-order valence-corrected chi connectivity index (χ4v) is 5.00. The Balaban J connectivity index is 1.52. The number of hydrogen-bond donors (Lipinski definition) is 0. The molecule has 6 rings (SSSR count). The largest absolute Gasteiger partial charge is 0.151 e. The van der Waals surface area contributed by atoms with E-state index in [4.69, 9.17) is 5.11 Å². The van der Waals surface area contributed by atoms with E-state index in [1.165, 1.54) is 0 Å². The molecule has 0 unspecified atom stereocenters. The van der Waals surface area contributed by atoms with Gasteiger partial charge in [0.25, 0.3) is 0 Å². The Kier molecular flexibility index (Phi) is 8.34. The van der Waals surface area contributed by atoms with E-state index in [0.29, 0.717) is 0 Å². The molecule has 0 aromatic heterocycles. The van der Waals surface area contributed by atoms with Crippen molar-refractivity contribution in [3.63, 3.8) is 0 Å². The molecule has 0 aliphatic carbocycles. The number of benzene rings is 6. The van der Waals surface area contributed by atoms with Crippen molar-refractivity contribution in [2.45, 2.75) is 0 Å². The third-order valence-electron chi connectivity index (χ3n) is 7.06. The second kappa shape index (κ2) is 13.2. The van der Waals surface area contributed by atoms with Crippen molar-refractivity contribution in [2.75, 3.05) is 0 Å². The Bertz CT molecular complexity index is 1850. The van der Waals surface area contributed by atoms with Crippen LogP contribution in [0.1, 0.15) is 22.3 Å². The summed E-state index contributed by atoms with van der Waals surface area (Å²) in [7, 11) is 0. The summed E-state index contributed by atoms with van der Waals surface area (Å²) in [6.07, 6.45) is 8.69. The topological polar surface area (TPSA) is 24.7 Å². The van der Waals surface area contributed by atoms with E-state index >= 15 is 0 Å². The van der Waals surface area contributed by atoms with Crippen LogP contribution in [0.25, 0.3) is 46.6 Å². The minimum atomic E-state index is 0.817. The molecule has 0 heterocycles. The number of azo groups is 1. The first kappa shape index (κ1) is 26.6. The maximum Gasteiger partial charge on any atom is 0.0941 e. The van der Waals surface area contributed by atoms with Crippen molar-refractivity contribution >= 4 is 35.7 Å². The molecular weight excluding hydrogens is 508 g/mol. The fraction of sp³-hybridized carbons (Fsp3) is 0. The van der Waals surface area contributed by atoms with Gasteiger partial charge in [0.05, 0.1) is 11.4 Å². The van der Waals surface area contributed by atoms with Gasteiger partial charge in [0.15, 0.2) is 0 Å². The van der Waals surface area contributed by atoms with Gasteiger partial charge in [0.1, 0.15) is 0 Å². The SMILES string of the molecule is C(=Cc1ccccc1-c1cccc(N=Nc2ccccc2)c1-c1ccccc1C=Cc1ccccc1)c1ccccc1. The summed E-state index contributed by atoms with van der Waals surface area (Å²) in [5, 5.41) is 9.42. The van der Waals surface area contributed by atoms with Gasteiger partial charge in [-0.25, -0.2) is 0 Å². The maximum absolute atomic E-state index is 4.80. The highest BCUT2D eigenvalue weighted by Crippen LogP contribution is 2.43. The zero-order valence-corrected chi connectivity index (χ0v) is 23.2. The highest BCUT2D eigenvalue weighted by Gasteiger charge is 2.16. The van der Waals surface area contributed by atoms with Crippen molar-refractivity contribution in [2.24, 2.45) is 10.2 Å². The Morgan fingerprint density at radius 2 is 0.810 bits per heavy atom. The first-order chi connectivity index (χ1) is 20.8. The van der Waals surface area contributed by atoms with Crippen LogP contribution in [0.15, 0.2) is 168 Å². The molecule has 0 saturated carbocycles. The first-order valence-corrected chi connectivity index (χ1v) is 14.1. The summed E-state index contributed by atoms with van der Waals surface area (Å²) in [5.41, 5.74) is 10.6. The molecule has 0 radical (unpaired) electrons. The van der Waals surface area contributed by atoms with Gasteiger partial charge in [-0.15, -0.1) is 5.11 Å². The van der Waals surface area contributed by atoms with Gasteiger partial charge < -0.3 is 0 Å². The third-order valence-corrected chi connectivity index (χ3v) is 7.06. The van der Waals surface area contributed by atoms with E-state index in [0.717, 1.165) is 55.9 Å². The van der Waals surface area contributed by atoms with Gasteiger partial charge in [-0.05, 0) is 57.1 Å². The molecule has 0 N–H and O–H groups in total. The molecule has 6 aromatic carbocycles. The van der Waals surface area contributed by atoms with Crippen molar-refractivity contribution in [1.29, 1.82) is 0 Å². The van der Waals surface area contributed by atoms with E-state index in [1.807, 2.05) is 48.5 Å². The molecule has 0 fully saturated rings. The van der Waals surface area contributed by atoms with Gasteiger partial charge in [0, 0.05) is 5.56 Å². The van der Waals surface area contributed by atoms with Crippen molar-refractivity contribution in [3.05, 3.63) is 180 Å². The third kappa shape index (κ3) is 6.41. The lowest BCUT2D eigenvalue weighted by molar-refractivity contribution is 1.23. The van der Waals surface area contributed by atoms with Gasteiger partial charge >= 0.3 is 0 Å². The molecule has 6 aromatic rings. The van der Waals surface area contributed by atoms with Crippen molar-refractivity contribution < 1.29 is 0 Å². The van der Waals surface area contributed by atoms with Crippen LogP contribution in [-0.2, 0) is 0 Å². The Hall–Kier alpha value is -5.60. The molecule has 42 heavy (non-hydrogen) atoms. The summed E-state index contributed by atoms with van der Waals surface area (Å²) in [4.78, 5) is 0. The van der Waals surface area contributed by atoms with Crippen LogP contribution in [0, 0.1) is 0 Å². The van der Waals surface area contributed by atoms with Crippen LogP contribution in [0.4, 0.5) is 11.4 Å². The molecule has 2 nitrogen and oxygen atoms in total. The monoisotopic (exact) mass is 538 g/mol. The minimum Gasteiger partial charge on any atom is -0.151 e. The Morgan fingerprint density at radius 3 is 1.43 bits per heavy atom. The second-order valence-electron chi connectivity index (χ2n) is 9.90. The summed E-state index contributed by atoms with van der Waals surface area (Å²) >= 11 is 0. The molecule has 0 aliphatic rings. The van der Waals surface area contributed by atoms with Crippen LogP contribution in [0.3, 0.4) is 0 Å². The average molecular weight is 539 g/mol. The molecule has 2 heteroatoms. The zero-order valence-electron chi connectivity index (χ0n) is 23.2. The van der Waals surface area contributed by atoms with E-state index in [1.54, 1.807) is 0 Å². The molecule has 0 atom stereocenters. The van der Waals surface area contributed by atoms with Crippen LogP contribution >= 0.6 is 0 Å². The molecular formula is C40H30N2. The first-order valence-electron chi connectivity index (χ1n) is 14.1. The summed E-state index contributed by atoms with van der Waals surface area (Å²) in [6.45, 7) is 0. The lowest BCUT2D eigenvalue weighted by Gasteiger charge is -2.17. The van der Waals surface area contributed by atoms with Crippen molar-refractivity contribution in [1.82, 2.24) is 0 Å². The maximum atomic E-state index is 4.80. The van der Waals surface area contributed by atoms with Gasteiger partial charge in [0.2, 0.25) is 0 Å². The number of hydrogen-bond acceptors (Lipinski definition) is 2. The zero-order chi connectivity index (χ0) is 28.4. The van der Waals surface area contributed by atoms with E-state index in [9.17, 15) is 0 Å². The summed E-state index contributed by atoms with van der Waals surface area (Å²) in [6, 6.07) is 54.0. The average Bonchev–Trinajstić information content (AvgIpc) is 3.07. The molecule has 0 bridgehead atoms. The van der Waals surface area contributed by atoms with Crippen molar-refractivity contribution in [3.8, 4) is 22.3 Å². The molecule has 0 saturated heterocycles. The fourth-order valence-electron chi connectivity index (χ4n) is 5.00. The summed E-state index contributed by atoms with van der Waals surface area (Å²) < 4.78 is 0. The highest BCUT2D eigenvalue weighted by molar-refractivity contribution is 5.97.